The number of ketones is 1. The summed E-state index contributed by atoms with van der Waals surface area (Å²) in [6.45, 7) is 7.91. The Morgan fingerprint density at radius 3 is 2.62 bits per heavy atom. The Balaban J connectivity index is 2.06. The Kier molecular flexibility index (Phi) is 6.08. The molecule has 2 N–H and O–H groups in total. The molecule has 0 amide bonds. The number of non-ortho nitro benzene ring substituents is 1. The maximum absolute atomic E-state index is 13.7. The zero-order chi connectivity index (χ0) is 24.9. The van der Waals surface area contributed by atoms with E-state index in [1.165, 1.54) is 12.1 Å². The zero-order valence-electron chi connectivity index (χ0n) is 19.8. The second-order valence-electron chi connectivity index (χ2n) is 9.51. The summed E-state index contributed by atoms with van der Waals surface area (Å²) in [5, 5.41) is 21.8. The molecule has 1 aromatic carbocycles. The first-order valence-corrected chi connectivity index (χ1v) is 12.9. The summed E-state index contributed by atoms with van der Waals surface area (Å²) in [7, 11) is 0. The molecule has 0 radical (unpaired) electrons. The quantitative estimate of drug-likeness (QED) is 0.318. The SMILES string of the molecule is CSc1sc(C)cc1[C@@H]1C(C#N)=C(N)N(c2cc([N+](=O)[O-])ccc2C)C2=C1C(=O)CC(C)(C)C2. The van der Waals surface area contributed by atoms with E-state index in [4.69, 9.17) is 5.73 Å². The summed E-state index contributed by atoms with van der Waals surface area (Å²) in [6, 6.07) is 8.90. The van der Waals surface area contributed by atoms with Crippen LogP contribution in [-0.2, 0) is 4.79 Å². The number of nitrogens with zero attached hydrogens (tertiary/aromatic N) is 3. The summed E-state index contributed by atoms with van der Waals surface area (Å²) in [4.78, 5) is 27.5. The van der Waals surface area contributed by atoms with Crippen molar-refractivity contribution >= 4 is 40.3 Å². The number of carbonyl (C=O) groups excluding carboxylic acids is 1. The fraction of sp³-hybridized carbons (Fsp3) is 0.360. The minimum atomic E-state index is -0.550. The number of aryl methyl sites for hydroxylation is 2. The molecule has 2 aliphatic rings. The highest BCUT2D eigenvalue weighted by Gasteiger charge is 2.45. The average Bonchev–Trinajstić information content (AvgIpc) is 3.13. The summed E-state index contributed by atoms with van der Waals surface area (Å²) in [6.07, 6.45) is 2.90. The molecule has 0 unspecified atom stereocenters. The first-order valence-electron chi connectivity index (χ1n) is 10.8. The molecule has 2 aromatic rings. The summed E-state index contributed by atoms with van der Waals surface area (Å²) >= 11 is 3.23. The van der Waals surface area contributed by atoms with Crippen molar-refractivity contribution in [2.24, 2.45) is 11.1 Å². The lowest BCUT2D eigenvalue weighted by Gasteiger charge is -2.44. The van der Waals surface area contributed by atoms with Gasteiger partial charge in [-0.1, -0.05) is 19.9 Å². The molecular weight excluding hydrogens is 468 g/mol. The predicted molar refractivity (Wildman–Crippen MR) is 136 cm³/mol. The van der Waals surface area contributed by atoms with Crippen LogP contribution in [0.3, 0.4) is 0 Å². The van der Waals surface area contributed by atoms with Gasteiger partial charge in [-0.2, -0.15) is 5.26 Å². The van der Waals surface area contributed by atoms with Crippen molar-refractivity contribution in [3.63, 3.8) is 0 Å². The first kappa shape index (κ1) is 24.0. The van der Waals surface area contributed by atoms with Gasteiger partial charge in [-0.15, -0.1) is 23.1 Å². The van der Waals surface area contributed by atoms with Crippen LogP contribution in [0, 0.1) is 40.7 Å². The zero-order valence-corrected chi connectivity index (χ0v) is 21.4. The van der Waals surface area contributed by atoms with Gasteiger partial charge in [-0.05, 0) is 49.1 Å². The first-order chi connectivity index (χ1) is 16.0. The number of Topliss-reactive ketones (excluding diaryl/α,β-unsaturated/α-hetero) is 1. The van der Waals surface area contributed by atoms with E-state index >= 15 is 0 Å². The number of allylic oxidation sites excluding steroid dienone is 3. The van der Waals surface area contributed by atoms with Crippen molar-refractivity contribution in [2.45, 2.75) is 50.7 Å². The molecule has 1 aliphatic heterocycles. The van der Waals surface area contributed by atoms with E-state index in [0.29, 0.717) is 29.7 Å². The lowest BCUT2D eigenvalue weighted by atomic mass is 9.69. The van der Waals surface area contributed by atoms with E-state index in [1.807, 2.05) is 40.0 Å². The van der Waals surface area contributed by atoms with Gasteiger partial charge in [0.15, 0.2) is 5.78 Å². The van der Waals surface area contributed by atoms with E-state index in [2.05, 4.69) is 6.07 Å². The third-order valence-corrected chi connectivity index (χ3v) is 8.59. The van der Waals surface area contributed by atoms with E-state index in [0.717, 1.165) is 25.9 Å². The maximum Gasteiger partial charge on any atom is 0.271 e. The number of hydrogen-bond acceptors (Lipinski definition) is 8. The van der Waals surface area contributed by atoms with E-state index < -0.39 is 10.8 Å². The second-order valence-corrected chi connectivity index (χ2v) is 11.8. The number of carbonyl (C=O) groups is 1. The van der Waals surface area contributed by atoms with Crippen LogP contribution in [0.4, 0.5) is 11.4 Å². The van der Waals surface area contributed by atoms with E-state index in [9.17, 15) is 20.2 Å². The van der Waals surface area contributed by atoms with Crippen LogP contribution in [0.2, 0.25) is 0 Å². The lowest BCUT2D eigenvalue weighted by Crippen LogP contribution is -2.42. The predicted octanol–water partition coefficient (Wildman–Crippen LogP) is 5.94. The summed E-state index contributed by atoms with van der Waals surface area (Å²) in [5.41, 5.74) is 10.1. The molecule has 176 valence electrons. The molecule has 0 saturated heterocycles. The molecule has 0 bridgehead atoms. The van der Waals surface area contributed by atoms with Crippen molar-refractivity contribution in [3.8, 4) is 6.07 Å². The van der Waals surface area contributed by atoms with Gasteiger partial charge in [0.05, 0.1) is 32.4 Å². The molecule has 1 aromatic heterocycles. The van der Waals surface area contributed by atoms with E-state index in [-0.39, 0.29) is 22.7 Å². The van der Waals surface area contributed by atoms with Gasteiger partial charge in [-0.25, -0.2) is 0 Å². The normalized spacial score (nSPS) is 19.8. The van der Waals surface area contributed by atoms with Gasteiger partial charge in [0.2, 0.25) is 0 Å². The van der Waals surface area contributed by atoms with Crippen LogP contribution in [-0.4, -0.2) is 17.0 Å². The lowest BCUT2D eigenvalue weighted by molar-refractivity contribution is -0.384. The van der Waals surface area contributed by atoms with Crippen molar-refractivity contribution in [1.82, 2.24) is 0 Å². The van der Waals surface area contributed by atoms with Gasteiger partial charge in [0.1, 0.15) is 5.82 Å². The van der Waals surface area contributed by atoms with Crippen LogP contribution in [0.25, 0.3) is 0 Å². The number of nitriles is 1. The smallest absolute Gasteiger partial charge is 0.271 e. The van der Waals surface area contributed by atoms with Crippen LogP contribution >= 0.6 is 23.1 Å². The van der Waals surface area contributed by atoms with Gasteiger partial charge in [-0.3, -0.25) is 19.8 Å². The van der Waals surface area contributed by atoms with Crippen LogP contribution in [0.5, 0.6) is 0 Å². The highest BCUT2D eigenvalue weighted by Crippen LogP contribution is 2.52. The highest BCUT2D eigenvalue weighted by molar-refractivity contribution is 8.00. The van der Waals surface area contributed by atoms with Crippen molar-refractivity contribution < 1.29 is 9.72 Å². The van der Waals surface area contributed by atoms with E-state index in [1.54, 1.807) is 34.1 Å². The maximum atomic E-state index is 13.7. The molecule has 9 heteroatoms. The monoisotopic (exact) mass is 494 g/mol. The molecule has 7 nitrogen and oxygen atoms in total. The standard InChI is InChI=1S/C25H26N4O3S2/c1-13-6-7-15(29(31)32)9-18(13)28-19-10-25(3,4)11-20(30)22(19)21(17(12-26)23(28)27)16-8-14(2)34-24(16)33-5/h6-9,21H,10-11,27H2,1-5H3/t21-/m1/s1. The number of thioether (sulfide) groups is 1. The number of rotatable bonds is 4. The number of benzene rings is 1. The second kappa shape index (κ2) is 8.60. The van der Waals surface area contributed by atoms with Gasteiger partial charge in [0.25, 0.3) is 5.69 Å². The fourth-order valence-corrected chi connectivity index (χ4v) is 6.83. The molecule has 1 atom stereocenters. The summed E-state index contributed by atoms with van der Waals surface area (Å²) < 4.78 is 1.05. The average molecular weight is 495 g/mol. The minimum absolute atomic E-state index is 0.0134. The Bertz CT molecular complexity index is 1330. The molecule has 4 rings (SSSR count). The third-order valence-electron chi connectivity index (χ3n) is 6.37. The number of nitro groups is 1. The molecule has 0 saturated carbocycles. The van der Waals surface area contributed by atoms with Crippen LogP contribution in [0.15, 0.2) is 51.1 Å². The molecular formula is C25H26N4O3S2. The highest BCUT2D eigenvalue weighted by atomic mass is 32.2. The number of thiophene rings is 1. The number of anilines is 1. The van der Waals surface area contributed by atoms with Crippen LogP contribution in [0.1, 0.15) is 48.6 Å². The topological polar surface area (TPSA) is 113 Å². The largest absolute Gasteiger partial charge is 0.384 e. The minimum Gasteiger partial charge on any atom is -0.384 e. The summed E-state index contributed by atoms with van der Waals surface area (Å²) in [5.74, 6) is -0.344. The molecule has 34 heavy (non-hydrogen) atoms. The number of nitro benzene ring substituents is 1. The molecule has 2 heterocycles. The molecule has 0 fully saturated rings. The number of nitrogens with two attached hydrogens (primary N) is 1. The Morgan fingerprint density at radius 1 is 1.29 bits per heavy atom. The van der Waals surface area contributed by atoms with Crippen LogP contribution < -0.4 is 10.6 Å². The number of hydrogen-bond donors (Lipinski definition) is 1. The molecule has 1 aliphatic carbocycles. The Labute approximate surface area is 207 Å². The van der Waals surface area contributed by atoms with Gasteiger partial charge >= 0.3 is 0 Å². The van der Waals surface area contributed by atoms with Crippen molar-refractivity contribution in [1.29, 1.82) is 5.26 Å². The van der Waals surface area contributed by atoms with Crippen molar-refractivity contribution in [2.75, 3.05) is 11.2 Å². The fourth-order valence-electron chi connectivity index (χ4n) is 4.92. The Morgan fingerprint density at radius 2 is 2.00 bits per heavy atom. The Hall–Kier alpha value is -3.09. The van der Waals surface area contributed by atoms with Gasteiger partial charge < -0.3 is 5.73 Å². The van der Waals surface area contributed by atoms with Gasteiger partial charge in [0, 0.05) is 34.7 Å². The van der Waals surface area contributed by atoms with Crippen molar-refractivity contribution in [3.05, 3.63) is 73.0 Å². The molecule has 0 spiro atoms. The third kappa shape index (κ3) is 3.91.